The number of carbonyl (C=O) groups excluding carboxylic acids is 2. The highest BCUT2D eigenvalue weighted by Gasteiger charge is 2.43. The lowest BCUT2D eigenvalue weighted by atomic mass is 9.78. The Kier molecular flexibility index (Phi) is 4.74. The van der Waals surface area contributed by atoms with Crippen LogP contribution in [0, 0.1) is 0 Å². The second kappa shape index (κ2) is 7.17. The summed E-state index contributed by atoms with van der Waals surface area (Å²) in [5.41, 5.74) is 8.69. The molecule has 1 aromatic rings. The van der Waals surface area contributed by atoms with Crippen molar-refractivity contribution >= 4 is 35.2 Å². The van der Waals surface area contributed by atoms with Crippen molar-refractivity contribution < 1.29 is 14.3 Å². The molecule has 29 heavy (non-hydrogen) atoms. The lowest BCUT2D eigenvalue weighted by molar-refractivity contribution is -0.126. The van der Waals surface area contributed by atoms with Crippen LogP contribution in [0.2, 0.25) is 5.02 Å². The second-order valence-corrected chi connectivity index (χ2v) is 9.60. The van der Waals surface area contributed by atoms with Gasteiger partial charge in [-0.25, -0.2) is 0 Å². The fourth-order valence-electron chi connectivity index (χ4n) is 6.04. The molecular formula is C22H28ClN3O3. The van der Waals surface area contributed by atoms with E-state index in [1.165, 1.54) is 0 Å². The molecule has 1 aromatic carbocycles. The fraction of sp³-hybridized carbons (Fsp3) is 0.636. The number of carbonyl (C=O) groups is 2. The van der Waals surface area contributed by atoms with Gasteiger partial charge in [0.25, 0.3) is 0 Å². The number of amides is 1. The van der Waals surface area contributed by atoms with Crippen molar-refractivity contribution in [3.8, 4) is 5.75 Å². The number of fused-ring (bicyclic) bond motifs is 6. The normalized spacial score (nSPS) is 33.6. The van der Waals surface area contributed by atoms with Crippen molar-refractivity contribution in [3.63, 3.8) is 0 Å². The Morgan fingerprint density at radius 1 is 1.24 bits per heavy atom. The highest BCUT2D eigenvalue weighted by atomic mass is 35.5. The number of halogens is 1. The van der Waals surface area contributed by atoms with Crippen molar-refractivity contribution in [2.75, 3.05) is 17.7 Å². The van der Waals surface area contributed by atoms with E-state index in [1.54, 1.807) is 11.0 Å². The predicted molar refractivity (Wildman–Crippen MR) is 113 cm³/mol. The van der Waals surface area contributed by atoms with Gasteiger partial charge in [0.05, 0.1) is 22.5 Å². The molecule has 1 saturated carbocycles. The van der Waals surface area contributed by atoms with Gasteiger partial charge in [-0.3, -0.25) is 14.5 Å². The van der Waals surface area contributed by atoms with Crippen LogP contribution in [-0.2, 0) is 9.59 Å². The van der Waals surface area contributed by atoms with Crippen LogP contribution < -0.4 is 15.4 Å². The zero-order valence-corrected chi connectivity index (χ0v) is 17.5. The molecule has 2 saturated heterocycles. The standard InChI is InChI=1S/C22H28ClN3O3/c1-25-13-6-15(7-14(25)9-16(28)8-13)26(11-27)19-10-18(23)21(24)20-12-3-2-4-17(5-12)29-22(19)20/h10-15,17H,2-9,24H2,1H3. The first kappa shape index (κ1) is 19.2. The summed E-state index contributed by atoms with van der Waals surface area (Å²) >= 11 is 6.53. The van der Waals surface area contributed by atoms with Gasteiger partial charge in [0.15, 0.2) is 0 Å². The molecule has 4 aliphatic rings. The van der Waals surface area contributed by atoms with Crippen molar-refractivity contribution in [3.05, 3.63) is 16.7 Å². The van der Waals surface area contributed by atoms with Gasteiger partial charge in [-0.05, 0) is 57.6 Å². The molecular weight excluding hydrogens is 390 g/mol. The molecule has 0 spiro atoms. The number of hydrogen-bond donors (Lipinski definition) is 1. The minimum absolute atomic E-state index is 0.0287. The molecule has 6 nitrogen and oxygen atoms in total. The van der Waals surface area contributed by atoms with Gasteiger partial charge in [0.1, 0.15) is 11.5 Å². The zero-order valence-electron chi connectivity index (χ0n) is 16.8. The molecule has 0 radical (unpaired) electrons. The van der Waals surface area contributed by atoms with E-state index in [1.807, 2.05) is 0 Å². The topological polar surface area (TPSA) is 75.9 Å². The molecule has 4 atom stereocenters. The summed E-state index contributed by atoms with van der Waals surface area (Å²) in [6, 6.07) is 2.19. The SMILES string of the molecule is CN1C2CC(=O)CC1CC(N(C=O)c1cc(Cl)c(N)c3c1OC1CCCC3C1)C2. The predicted octanol–water partition coefficient (Wildman–Crippen LogP) is 3.50. The number of nitrogen functional groups attached to an aromatic ring is 1. The van der Waals surface area contributed by atoms with E-state index in [4.69, 9.17) is 22.1 Å². The van der Waals surface area contributed by atoms with Gasteiger partial charge in [-0.2, -0.15) is 0 Å². The molecule has 156 valence electrons. The molecule has 7 heteroatoms. The first-order valence-electron chi connectivity index (χ1n) is 10.7. The number of piperidine rings is 2. The van der Waals surface area contributed by atoms with Crippen molar-refractivity contribution in [2.45, 2.75) is 81.5 Å². The summed E-state index contributed by atoms with van der Waals surface area (Å²) in [6.07, 6.45) is 8.00. The summed E-state index contributed by atoms with van der Waals surface area (Å²) in [6.45, 7) is 0. The first-order chi connectivity index (χ1) is 14.0. The minimum atomic E-state index is 0.0287. The molecule has 5 rings (SSSR count). The Labute approximate surface area is 176 Å². The zero-order chi connectivity index (χ0) is 20.3. The number of Topliss-reactive ketones (excluding diaryl/α,β-unsaturated/α-hetero) is 1. The van der Waals surface area contributed by atoms with E-state index in [2.05, 4.69) is 11.9 Å². The summed E-state index contributed by atoms with van der Waals surface area (Å²) in [4.78, 5) is 28.5. The monoisotopic (exact) mass is 417 g/mol. The van der Waals surface area contributed by atoms with Crippen LogP contribution in [0.15, 0.2) is 6.07 Å². The molecule has 0 aromatic heterocycles. The summed E-state index contributed by atoms with van der Waals surface area (Å²) in [5, 5.41) is 0.488. The quantitative estimate of drug-likeness (QED) is 0.601. The van der Waals surface area contributed by atoms with Gasteiger partial charge in [0, 0.05) is 36.5 Å². The molecule has 3 aliphatic heterocycles. The lowest BCUT2D eigenvalue weighted by Gasteiger charge is -2.49. The molecule has 3 heterocycles. The summed E-state index contributed by atoms with van der Waals surface area (Å²) in [7, 11) is 2.09. The Bertz CT molecular complexity index is 842. The van der Waals surface area contributed by atoms with E-state index < -0.39 is 0 Å². The number of nitrogens with zero attached hydrogens (tertiary/aromatic N) is 2. The molecule has 3 fully saturated rings. The number of benzene rings is 1. The molecule has 2 N–H and O–H groups in total. The minimum Gasteiger partial charge on any atom is -0.488 e. The highest BCUT2D eigenvalue weighted by molar-refractivity contribution is 6.33. The van der Waals surface area contributed by atoms with Gasteiger partial charge >= 0.3 is 0 Å². The Balaban J connectivity index is 1.54. The second-order valence-electron chi connectivity index (χ2n) is 9.20. The van der Waals surface area contributed by atoms with Crippen molar-refractivity contribution in [1.82, 2.24) is 4.90 Å². The van der Waals surface area contributed by atoms with Crippen LogP contribution in [0.1, 0.15) is 62.8 Å². The fourth-order valence-corrected chi connectivity index (χ4v) is 6.24. The van der Waals surface area contributed by atoms with Gasteiger partial charge in [0.2, 0.25) is 6.41 Å². The number of ether oxygens (including phenoxy) is 1. The maximum atomic E-state index is 12.3. The van der Waals surface area contributed by atoms with E-state index in [0.29, 0.717) is 35.3 Å². The van der Waals surface area contributed by atoms with Crippen molar-refractivity contribution in [1.29, 1.82) is 0 Å². The van der Waals surface area contributed by atoms with Crippen LogP contribution in [0.25, 0.3) is 0 Å². The van der Waals surface area contributed by atoms with Crippen LogP contribution in [0.4, 0.5) is 11.4 Å². The third-order valence-electron chi connectivity index (χ3n) is 7.56. The number of anilines is 2. The Morgan fingerprint density at radius 3 is 2.66 bits per heavy atom. The third-order valence-corrected chi connectivity index (χ3v) is 7.87. The maximum Gasteiger partial charge on any atom is 0.214 e. The average Bonchev–Trinajstić information content (AvgIpc) is 2.67. The number of nitrogens with two attached hydrogens (primary N) is 1. The number of hydrogen-bond acceptors (Lipinski definition) is 5. The molecule has 4 unspecified atom stereocenters. The highest BCUT2D eigenvalue weighted by Crippen LogP contribution is 2.53. The van der Waals surface area contributed by atoms with Crippen LogP contribution in [-0.4, -0.2) is 48.4 Å². The van der Waals surface area contributed by atoms with Crippen LogP contribution >= 0.6 is 11.6 Å². The molecule has 1 amide bonds. The van der Waals surface area contributed by atoms with E-state index in [9.17, 15) is 9.59 Å². The molecule has 1 aliphatic carbocycles. The van der Waals surface area contributed by atoms with Crippen LogP contribution in [0.5, 0.6) is 5.75 Å². The first-order valence-corrected chi connectivity index (χ1v) is 11.1. The van der Waals surface area contributed by atoms with E-state index in [0.717, 1.165) is 61.9 Å². The van der Waals surface area contributed by atoms with Crippen LogP contribution in [0.3, 0.4) is 0 Å². The van der Waals surface area contributed by atoms with Crippen molar-refractivity contribution in [2.24, 2.45) is 0 Å². The summed E-state index contributed by atoms with van der Waals surface area (Å²) < 4.78 is 6.37. The van der Waals surface area contributed by atoms with Gasteiger partial charge in [-0.15, -0.1) is 0 Å². The molecule has 4 bridgehead atoms. The number of rotatable bonds is 3. The largest absolute Gasteiger partial charge is 0.488 e. The Morgan fingerprint density at radius 2 is 1.97 bits per heavy atom. The summed E-state index contributed by atoms with van der Waals surface area (Å²) in [5.74, 6) is 1.43. The smallest absolute Gasteiger partial charge is 0.214 e. The third kappa shape index (κ3) is 3.12. The number of ketones is 1. The van der Waals surface area contributed by atoms with Gasteiger partial charge < -0.3 is 15.4 Å². The Hall–Kier alpha value is -1.79. The average molecular weight is 418 g/mol. The van der Waals surface area contributed by atoms with E-state index >= 15 is 0 Å². The van der Waals surface area contributed by atoms with Gasteiger partial charge in [-0.1, -0.05) is 11.6 Å². The van der Waals surface area contributed by atoms with E-state index in [-0.39, 0.29) is 24.2 Å². The maximum absolute atomic E-state index is 12.3. The lowest BCUT2D eigenvalue weighted by Crippen LogP contribution is -2.57.